The molecule has 5 aromatic rings. The average Bonchev–Trinajstić information content (AvgIpc) is 3.24. The molecular weight excluding hydrogens is 614 g/mol. The van der Waals surface area contributed by atoms with Gasteiger partial charge in [-0.05, 0) is 31.2 Å². The second kappa shape index (κ2) is 20.4. The van der Waals surface area contributed by atoms with Crippen molar-refractivity contribution in [1.82, 2.24) is 9.78 Å². The molecule has 3 nitrogen and oxygen atoms in total. The zero-order valence-corrected chi connectivity index (χ0v) is 30.2. The van der Waals surface area contributed by atoms with Gasteiger partial charge < -0.3 is 5.32 Å². The SMILES string of the molecule is Cc1c(C[N-]c2c(C(C)C)cccc2C(C)C)nn(C)c1C.[CH2-]c1ccccc1.[CH2-]c1ccccc1.[CH2-]c1ccccc1.[Zr+3]. The number of nitrogens with zero attached hydrogens (tertiary/aromatic N) is 3. The van der Waals surface area contributed by atoms with Gasteiger partial charge >= 0.3 is 26.2 Å². The number of rotatable bonds is 5. The van der Waals surface area contributed by atoms with Crippen LogP contribution in [0.3, 0.4) is 0 Å². The maximum Gasteiger partial charge on any atom is 3.00 e. The van der Waals surface area contributed by atoms with Crippen LogP contribution in [0.2, 0.25) is 0 Å². The molecule has 0 N–H and O–H groups in total. The van der Waals surface area contributed by atoms with Crippen LogP contribution in [0.4, 0.5) is 5.69 Å². The Hall–Kier alpha value is -3.62. The Labute approximate surface area is 287 Å². The molecular formula is C40H49N3Zr-. The molecule has 5 rings (SSSR count). The fraction of sp³-hybridized carbons (Fsp3) is 0.250. The van der Waals surface area contributed by atoms with Gasteiger partial charge in [0.25, 0.3) is 0 Å². The van der Waals surface area contributed by atoms with E-state index in [9.17, 15) is 0 Å². The number of benzene rings is 4. The summed E-state index contributed by atoms with van der Waals surface area (Å²) in [6.07, 6.45) is 0. The van der Waals surface area contributed by atoms with Crippen LogP contribution in [-0.2, 0) is 39.8 Å². The molecule has 0 aliphatic heterocycles. The van der Waals surface area contributed by atoms with Crippen LogP contribution in [0.25, 0.3) is 5.32 Å². The molecule has 0 amide bonds. The first-order valence-electron chi connectivity index (χ1n) is 14.9. The van der Waals surface area contributed by atoms with Crippen molar-refractivity contribution in [2.45, 2.75) is 59.9 Å². The van der Waals surface area contributed by atoms with Gasteiger partial charge in [0.1, 0.15) is 0 Å². The van der Waals surface area contributed by atoms with Crippen molar-refractivity contribution in [2.75, 3.05) is 0 Å². The van der Waals surface area contributed by atoms with Gasteiger partial charge in [0.05, 0.1) is 0 Å². The Balaban J connectivity index is 0.000000355. The standard InChI is InChI=1S/C19H28N3.3C7H7.Zr/c1-12(2)16-9-8-10-17(13(3)4)19(16)20-11-18-14(5)15(6)22(7)21-18;3*1-7-5-3-2-4-6-7;/h8-10,12-13H,11H2,1-7H3;3*2-6H,1H2;/q4*-1;+3. The van der Waals surface area contributed by atoms with Gasteiger partial charge in [-0.15, -0.1) is 42.1 Å². The van der Waals surface area contributed by atoms with Crippen molar-refractivity contribution in [3.05, 3.63) is 180 Å². The molecule has 1 heterocycles. The Bertz CT molecular complexity index is 1340. The van der Waals surface area contributed by atoms with E-state index in [-0.39, 0.29) is 26.2 Å². The quantitative estimate of drug-likeness (QED) is 0.172. The predicted octanol–water partition coefficient (Wildman–Crippen LogP) is 11.1. The molecule has 0 spiro atoms. The first kappa shape index (κ1) is 38.4. The van der Waals surface area contributed by atoms with E-state index in [4.69, 9.17) is 5.32 Å². The van der Waals surface area contributed by atoms with E-state index < -0.39 is 0 Å². The molecule has 0 saturated carbocycles. The summed E-state index contributed by atoms with van der Waals surface area (Å²) in [5.74, 6) is 0.952. The Morgan fingerprint density at radius 1 is 0.614 bits per heavy atom. The molecule has 0 atom stereocenters. The molecule has 4 heteroatoms. The molecule has 0 aliphatic rings. The van der Waals surface area contributed by atoms with Crippen LogP contribution in [0, 0.1) is 34.6 Å². The minimum atomic E-state index is 0. The summed E-state index contributed by atoms with van der Waals surface area (Å²) < 4.78 is 1.94. The minimum absolute atomic E-state index is 0. The van der Waals surface area contributed by atoms with Crippen molar-refractivity contribution >= 4 is 5.69 Å². The average molecular weight is 663 g/mol. The molecule has 44 heavy (non-hydrogen) atoms. The van der Waals surface area contributed by atoms with Crippen molar-refractivity contribution in [2.24, 2.45) is 7.05 Å². The summed E-state index contributed by atoms with van der Waals surface area (Å²) in [5.41, 5.74) is 10.6. The van der Waals surface area contributed by atoms with E-state index >= 15 is 0 Å². The van der Waals surface area contributed by atoms with Crippen LogP contribution in [0.5, 0.6) is 0 Å². The summed E-state index contributed by atoms with van der Waals surface area (Å²) in [7, 11) is 1.99. The van der Waals surface area contributed by atoms with Crippen LogP contribution >= 0.6 is 0 Å². The second-order valence-electron chi connectivity index (χ2n) is 11.1. The van der Waals surface area contributed by atoms with E-state index in [0.717, 1.165) is 28.1 Å². The van der Waals surface area contributed by atoms with Crippen molar-refractivity contribution in [3.8, 4) is 0 Å². The van der Waals surface area contributed by atoms with Crippen molar-refractivity contribution in [1.29, 1.82) is 0 Å². The minimum Gasteiger partial charge on any atom is -0.679 e. The zero-order chi connectivity index (χ0) is 31.8. The van der Waals surface area contributed by atoms with Crippen LogP contribution in [0.1, 0.15) is 84.3 Å². The topological polar surface area (TPSA) is 31.9 Å². The van der Waals surface area contributed by atoms with Gasteiger partial charge in [-0.2, -0.15) is 79.0 Å². The van der Waals surface area contributed by atoms with Crippen molar-refractivity contribution < 1.29 is 26.2 Å². The van der Waals surface area contributed by atoms with E-state index in [0.29, 0.717) is 18.4 Å². The number of hydrogen-bond acceptors (Lipinski definition) is 1. The van der Waals surface area contributed by atoms with Crippen LogP contribution in [0.15, 0.2) is 109 Å². The van der Waals surface area contributed by atoms with Crippen LogP contribution in [-0.4, -0.2) is 9.78 Å². The third-order valence-electron chi connectivity index (χ3n) is 6.99. The zero-order valence-electron chi connectivity index (χ0n) is 27.7. The van der Waals surface area contributed by atoms with E-state index in [2.05, 4.69) is 85.6 Å². The normalized spacial score (nSPS) is 9.84. The summed E-state index contributed by atoms with van der Waals surface area (Å²) in [4.78, 5) is 0. The number of hydrogen-bond donors (Lipinski definition) is 0. The van der Waals surface area contributed by atoms with Gasteiger partial charge in [0.2, 0.25) is 0 Å². The monoisotopic (exact) mass is 661 g/mol. The third-order valence-corrected chi connectivity index (χ3v) is 6.99. The molecule has 229 valence electrons. The van der Waals surface area contributed by atoms with E-state index in [1.54, 1.807) is 0 Å². The van der Waals surface area contributed by atoms with Gasteiger partial charge in [0, 0.05) is 18.4 Å². The largest absolute Gasteiger partial charge is 3.00 e. The molecule has 0 saturated heterocycles. The first-order chi connectivity index (χ1) is 20.5. The first-order valence-corrected chi connectivity index (χ1v) is 14.9. The van der Waals surface area contributed by atoms with Crippen LogP contribution < -0.4 is 0 Å². The fourth-order valence-corrected chi connectivity index (χ4v) is 4.22. The van der Waals surface area contributed by atoms with Gasteiger partial charge in [-0.25, -0.2) is 0 Å². The molecule has 1 aromatic heterocycles. The Kier molecular flexibility index (Phi) is 17.8. The Morgan fingerprint density at radius 2 is 0.977 bits per heavy atom. The predicted molar refractivity (Wildman–Crippen MR) is 187 cm³/mol. The molecule has 1 radical (unpaired) electrons. The number of para-hydroxylation sites is 1. The summed E-state index contributed by atoms with van der Waals surface area (Å²) in [5, 5.41) is 9.56. The van der Waals surface area contributed by atoms with E-state index in [1.165, 1.54) is 22.4 Å². The fourth-order valence-electron chi connectivity index (χ4n) is 4.22. The second-order valence-corrected chi connectivity index (χ2v) is 11.1. The van der Waals surface area contributed by atoms with Gasteiger partial charge in [-0.3, -0.25) is 4.68 Å². The summed E-state index contributed by atoms with van der Waals surface area (Å²) >= 11 is 0. The molecule has 4 aromatic carbocycles. The number of aromatic nitrogens is 2. The summed E-state index contributed by atoms with van der Waals surface area (Å²) in [6.45, 7) is 25.0. The van der Waals surface area contributed by atoms with Crippen molar-refractivity contribution in [3.63, 3.8) is 0 Å². The molecule has 0 unspecified atom stereocenters. The van der Waals surface area contributed by atoms with E-state index in [1.807, 2.05) is 103 Å². The molecule has 0 bridgehead atoms. The smallest absolute Gasteiger partial charge is 0.679 e. The molecule has 0 aliphatic carbocycles. The van der Waals surface area contributed by atoms with Gasteiger partial charge in [0.15, 0.2) is 0 Å². The summed E-state index contributed by atoms with van der Waals surface area (Å²) in [6, 6.07) is 36.2. The Morgan fingerprint density at radius 3 is 1.23 bits per heavy atom. The maximum absolute atomic E-state index is 4.96. The maximum atomic E-state index is 4.96. The van der Waals surface area contributed by atoms with Gasteiger partial charge in [-0.1, -0.05) is 81.8 Å². The molecule has 0 fully saturated rings. The number of aryl methyl sites for hydroxylation is 1. The third kappa shape index (κ3) is 13.4.